The Labute approximate surface area is 175 Å². The minimum Gasteiger partial charge on any atom is -0.455 e. The predicted molar refractivity (Wildman–Crippen MR) is 109 cm³/mol. The largest absolute Gasteiger partial charge is 0.455 e. The van der Waals surface area contributed by atoms with Crippen LogP contribution in [-0.4, -0.2) is 42.4 Å². The Morgan fingerprint density at radius 3 is 2.60 bits per heavy atom. The van der Waals surface area contributed by atoms with Gasteiger partial charge in [0.05, 0.1) is 12.0 Å². The molecule has 0 radical (unpaired) electrons. The average molecular weight is 412 g/mol. The van der Waals surface area contributed by atoms with Crippen molar-refractivity contribution in [1.29, 1.82) is 0 Å². The smallest absolute Gasteiger partial charge is 0.311 e. The number of amides is 2. The van der Waals surface area contributed by atoms with Crippen LogP contribution in [0.2, 0.25) is 0 Å². The second-order valence-electron chi connectivity index (χ2n) is 7.33. The van der Waals surface area contributed by atoms with Crippen molar-refractivity contribution in [2.24, 2.45) is 5.92 Å². The molecule has 0 saturated carbocycles. The molecule has 0 aliphatic carbocycles. The van der Waals surface area contributed by atoms with Crippen LogP contribution in [-0.2, 0) is 25.5 Å². The Bertz CT molecular complexity index is 903. The van der Waals surface area contributed by atoms with Gasteiger partial charge in [-0.1, -0.05) is 48.5 Å². The van der Waals surface area contributed by atoms with E-state index in [2.05, 4.69) is 5.32 Å². The van der Waals surface area contributed by atoms with Crippen molar-refractivity contribution in [3.05, 3.63) is 71.5 Å². The molecule has 2 amide bonds. The van der Waals surface area contributed by atoms with Gasteiger partial charge in [0.1, 0.15) is 5.82 Å². The standard InChI is InChI=1S/C23H25FN2O4/c1-16(17-7-3-2-4-8-17)26-14-19(13-22(26)28)23(29)30-15-21(27)25-12-11-18-9-5-6-10-20(18)24/h2-10,16,19H,11-15H2,1H3,(H,25,27)/t16-,19-/m0/s1. The first-order valence-electron chi connectivity index (χ1n) is 9.97. The summed E-state index contributed by atoms with van der Waals surface area (Å²) in [6.07, 6.45) is 0.417. The topological polar surface area (TPSA) is 75.7 Å². The maximum Gasteiger partial charge on any atom is 0.311 e. The number of rotatable bonds is 8. The van der Waals surface area contributed by atoms with Gasteiger partial charge in [0.25, 0.3) is 5.91 Å². The maximum absolute atomic E-state index is 13.6. The number of carbonyl (C=O) groups excluding carboxylic acids is 3. The van der Waals surface area contributed by atoms with Crippen molar-refractivity contribution in [3.63, 3.8) is 0 Å². The van der Waals surface area contributed by atoms with Crippen LogP contribution in [0.3, 0.4) is 0 Å². The molecule has 1 saturated heterocycles. The number of likely N-dealkylation sites (tertiary alicyclic amines) is 1. The highest BCUT2D eigenvalue weighted by molar-refractivity contribution is 5.88. The summed E-state index contributed by atoms with van der Waals surface area (Å²) in [7, 11) is 0. The number of benzene rings is 2. The highest BCUT2D eigenvalue weighted by Crippen LogP contribution is 2.28. The van der Waals surface area contributed by atoms with Gasteiger partial charge in [-0.3, -0.25) is 14.4 Å². The molecule has 158 valence electrons. The third kappa shape index (κ3) is 5.43. The summed E-state index contributed by atoms with van der Waals surface area (Å²) in [6, 6.07) is 15.8. The summed E-state index contributed by atoms with van der Waals surface area (Å²) in [6.45, 7) is 2.00. The molecule has 1 N–H and O–H groups in total. The molecule has 1 fully saturated rings. The fourth-order valence-electron chi connectivity index (χ4n) is 3.52. The maximum atomic E-state index is 13.6. The minimum atomic E-state index is -0.588. The molecule has 1 aliphatic heterocycles. The van der Waals surface area contributed by atoms with Gasteiger partial charge < -0.3 is 15.0 Å². The van der Waals surface area contributed by atoms with Crippen molar-refractivity contribution in [1.82, 2.24) is 10.2 Å². The minimum absolute atomic E-state index is 0.0743. The Hall–Kier alpha value is -3.22. The van der Waals surface area contributed by atoms with E-state index in [-0.39, 0.29) is 37.3 Å². The quantitative estimate of drug-likeness (QED) is 0.677. The molecule has 1 aliphatic rings. The zero-order valence-corrected chi connectivity index (χ0v) is 16.8. The number of hydrogen-bond donors (Lipinski definition) is 1. The molecule has 0 aromatic heterocycles. The summed E-state index contributed by atoms with van der Waals surface area (Å²) in [5, 5.41) is 2.60. The summed E-state index contributed by atoms with van der Waals surface area (Å²) >= 11 is 0. The number of carbonyl (C=O) groups is 3. The van der Waals surface area contributed by atoms with E-state index in [1.54, 1.807) is 23.1 Å². The molecule has 2 aromatic carbocycles. The average Bonchev–Trinajstić information content (AvgIpc) is 3.15. The van der Waals surface area contributed by atoms with Gasteiger partial charge in [0, 0.05) is 19.5 Å². The highest BCUT2D eigenvalue weighted by atomic mass is 19.1. The van der Waals surface area contributed by atoms with E-state index in [0.29, 0.717) is 12.0 Å². The van der Waals surface area contributed by atoms with Crippen molar-refractivity contribution in [2.75, 3.05) is 19.7 Å². The van der Waals surface area contributed by atoms with Crippen LogP contribution in [0, 0.1) is 11.7 Å². The van der Waals surface area contributed by atoms with Crippen LogP contribution in [0.25, 0.3) is 0 Å². The molecule has 1 heterocycles. The Morgan fingerprint density at radius 2 is 1.87 bits per heavy atom. The van der Waals surface area contributed by atoms with Gasteiger partial charge in [0.2, 0.25) is 5.91 Å². The number of esters is 1. The van der Waals surface area contributed by atoms with Gasteiger partial charge in [-0.15, -0.1) is 0 Å². The molecule has 2 atom stereocenters. The van der Waals surface area contributed by atoms with Crippen molar-refractivity contribution >= 4 is 17.8 Å². The van der Waals surface area contributed by atoms with E-state index in [0.717, 1.165) is 5.56 Å². The first-order chi connectivity index (χ1) is 14.5. The summed E-state index contributed by atoms with van der Waals surface area (Å²) in [5.41, 5.74) is 1.50. The van der Waals surface area contributed by atoms with E-state index >= 15 is 0 Å². The fourth-order valence-corrected chi connectivity index (χ4v) is 3.52. The van der Waals surface area contributed by atoms with Crippen molar-refractivity contribution in [2.45, 2.75) is 25.8 Å². The zero-order valence-electron chi connectivity index (χ0n) is 16.8. The molecular formula is C23H25FN2O4. The lowest BCUT2D eigenvalue weighted by Crippen LogP contribution is -2.33. The molecule has 0 bridgehead atoms. The highest BCUT2D eigenvalue weighted by Gasteiger charge is 2.38. The van der Waals surface area contributed by atoms with E-state index in [1.807, 2.05) is 37.3 Å². The van der Waals surface area contributed by atoms with Crippen LogP contribution in [0.4, 0.5) is 4.39 Å². The molecular weight excluding hydrogens is 387 g/mol. The molecule has 0 spiro atoms. The number of ether oxygens (including phenoxy) is 1. The molecule has 0 unspecified atom stereocenters. The van der Waals surface area contributed by atoms with Gasteiger partial charge in [-0.2, -0.15) is 0 Å². The monoisotopic (exact) mass is 412 g/mol. The van der Waals surface area contributed by atoms with E-state index in [9.17, 15) is 18.8 Å². The Kier molecular flexibility index (Phi) is 7.17. The van der Waals surface area contributed by atoms with Crippen LogP contribution in [0.5, 0.6) is 0 Å². The molecule has 7 heteroatoms. The number of halogens is 1. The van der Waals surface area contributed by atoms with Gasteiger partial charge >= 0.3 is 5.97 Å². The van der Waals surface area contributed by atoms with Gasteiger partial charge in [0.15, 0.2) is 6.61 Å². The summed E-state index contributed by atoms with van der Waals surface area (Å²) in [4.78, 5) is 38.2. The second-order valence-corrected chi connectivity index (χ2v) is 7.33. The summed E-state index contributed by atoms with van der Waals surface area (Å²) in [5.74, 6) is -2.04. The first-order valence-corrected chi connectivity index (χ1v) is 9.97. The molecule has 6 nitrogen and oxygen atoms in total. The molecule has 30 heavy (non-hydrogen) atoms. The number of hydrogen-bond acceptors (Lipinski definition) is 4. The van der Waals surface area contributed by atoms with E-state index in [4.69, 9.17) is 4.74 Å². The van der Waals surface area contributed by atoms with Crippen molar-refractivity contribution in [3.8, 4) is 0 Å². The van der Waals surface area contributed by atoms with Crippen LogP contribution in [0.15, 0.2) is 54.6 Å². The van der Waals surface area contributed by atoms with E-state index < -0.39 is 24.4 Å². The van der Waals surface area contributed by atoms with Crippen LogP contribution >= 0.6 is 0 Å². The number of nitrogens with zero attached hydrogens (tertiary/aromatic N) is 1. The summed E-state index contributed by atoms with van der Waals surface area (Å²) < 4.78 is 18.6. The predicted octanol–water partition coefficient (Wildman–Crippen LogP) is 2.64. The lowest BCUT2D eigenvalue weighted by Gasteiger charge is -2.25. The van der Waals surface area contributed by atoms with Crippen LogP contribution < -0.4 is 5.32 Å². The van der Waals surface area contributed by atoms with Crippen molar-refractivity contribution < 1.29 is 23.5 Å². The van der Waals surface area contributed by atoms with Gasteiger partial charge in [-0.25, -0.2) is 4.39 Å². The zero-order chi connectivity index (χ0) is 21.5. The lowest BCUT2D eigenvalue weighted by atomic mass is 10.1. The number of nitrogens with one attached hydrogen (secondary N) is 1. The second kappa shape index (κ2) is 10.0. The fraction of sp³-hybridized carbons (Fsp3) is 0.348. The van der Waals surface area contributed by atoms with E-state index in [1.165, 1.54) is 6.07 Å². The lowest BCUT2D eigenvalue weighted by molar-refractivity contribution is -0.152. The SMILES string of the molecule is C[C@@H](c1ccccc1)N1C[C@@H](C(=O)OCC(=O)NCCc2ccccc2F)CC1=O. The first kappa shape index (κ1) is 21.5. The normalized spacial score (nSPS) is 16.9. The third-order valence-electron chi connectivity index (χ3n) is 5.26. The third-order valence-corrected chi connectivity index (χ3v) is 5.26. The molecule has 3 rings (SSSR count). The Morgan fingerprint density at radius 1 is 1.17 bits per heavy atom. The van der Waals surface area contributed by atoms with Gasteiger partial charge in [-0.05, 0) is 30.5 Å². The Balaban J connectivity index is 1.42. The van der Waals surface area contributed by atoms with Crippen LogP contribution in [0.1, 0.15) is 30.5 Å². The molecule has 2 aromatic rings.